The number of carbonyl (C=O) groups is 3. The van der Waals surface area contributed by atoms with Crippen LogP contribution in [0.15, 0.2) is 70.6 Å². The van der Waals surface area contributed by atoms with Crippen molar-refractivity contribution in [3.05, 3.63) is 76.8 Å². The topological polar surface area (TPSA) is 274 Å². The predicted octanol–water partition coefficient (Wildman–Crippen LogP) is 8.30. The van der Waals surface area contributed by atoms with Gasteiger partial charge in [0, 0.05) is 84.2 Å². The number of aromatic hydroxyl groups is 1. The van der Waals surface area contributed by atoms with Gasteiger partial charge in [-0.25, -0.2) is 0 Å². The lowest BCUT2D eigenvalue weighted by Gasteiger charge is -2.70. The third kappa shape index (κ3) is 9.96. The number of phenols is 1. The normalized spacial score (nSPS) is 45.3. The SMILES string of the molecule is CC1CCC2=CCC3C(C)CC(O)C(C)(O)C4C(CC#CC(C5COC(=O)C5c5cc[nH]c5)CC3C2C1)CC1(O)C2=C3NCC(=O)CC(c5ccc(O)cc5)CSSCC5C(O)C(O)CC(C6CCCC6)(C2C2CCC(CN=C(N)N)C41C2)C5C3=O. The second kappa shape index (κ2) is 23.5. The van der Waals surface area contributed by atoms with Crippen LogP contribution in [0.3, 0.4) is 0 Å². The fraction of sp³-hybridized carbons (Fsp3) is 0.710. The molecular formula is C69H93N5O10S2. The van der Waals surface area contributed by atoms with Crippen LogP contribution in [0.4, 0.5) is 0 Å². The largest absolute Gasteiger partial charge is 0.508 e. The number of phenolic OH excluding ortho intramolecular Hbond substituents is 1. The van der Waals surface area contributed by atoms with Gasteiger partial charge < -0.3 is 57.1 Å². The van der Waals surface area contributed by atoms with Crippen molar-refractivity contribution >= 4 is 45.1 Å². The lowest BCUT2D eigenvalue weighted by Crippen LogP contribution is -2.73. The molecule has 0 radical (unpaired) electrons. The summed E-state index contributed by atoms with van der Waals surface area (Å²) in [6.45, 7) is 6.56. The number of nitrogens with two attached hydrogens (primary N) is 2. The Kier molecular flexibility index (Phi) is 16.6. The predicted molar refractivity (Wildman–Crippen MR) is 332 cm³/mol. The van der Waals surface area contributed by atoms with Crippen molar-refractivity contribution < 1.29 is 49.8 Å². The molecule has 0 amide bonds. The van der Waals surface area contributed by atoms with Crippen LogP contribution in [0, 0.1) is 111 Å². The van der Waals surface area contributed by atoms with Crippen molar-refractivity contribution in [3.63, 3.8) is 0 Å². The van der Waals surface area contributed by atoms with Crippen LogP contribution in [0.5, 0.6) is 5.75 Å². The number of fused-ring (bicyclic) bond motifs is 10. The number of rotatable bonds is 6. The van der Waals surface area contributed by atoms with Gasteiger partial charge in [-0.05, 0) is 190 Å². The van der Waals surface area contributed by atoms with E-state index < -0.39 is 81.8 Å². The van der Waals surface area contributed by atoms with E-state index in [-0.39, 0.29) is 128 Å². The first-order valence-corrected chi connectivity index (χ1v) is 35.3. The lowest BCUT2D eigenvalue weighted by atomic mass is 9.35. The van der Waals surface area contributed by atoms with Crippen LogP contribution in [-0.2, 0) is 19.1 Å². The molecule has 1 spiro atoms. The molecule has 8 fully saturated rings. The second-order valence-electron chi connectivity index (χ2n) is 29.5. The third-order valence-corrected chi connectivity index (χ3v) is 27.8. The Labute approximate surface area is 515 Å². The number of nitrogens with one attached hydrogen (secondary N) is 2. The van der Waals surface area contributed by atoms with E-state index in [2.05, 4.69) is 42.1 Å². The van der Waals surface area contributed by atoms with E-state index in [1.807, 2.05) is 30.6 Å². The molecule has 17 heteroatoms. The van der Waals surface area contributed by atoms with Gasteiger partial charge in [-0.2, -0.15) is 0 Å². The smallest absolute Gasteiger partial charge is 0.313 e. The molecule has 4 bridgehead atoms. The number of allylic oxidation sites excluding steroid dienone is 3. The average molecular weight is 1220 g/mol. The molecule has 23 unspecified atom stereocenters. The maximum Gasteiger partial charge on any atom is 0.313 e. The first-order chi connectivity index (χ1) is 41.3. The molecule has 15 nitrogen and oxygen atoms in total. The first-order valence-electron chi connectivity index (χ1n) is 32.8. The van der Waals surface area contributed by atoms with Crippen molar-refractivity contribution in [1.29, 1.82) is 0 Å². The van der Waals surface area contributed by atoms with E-state index in [9.17, 15) is 35.1 Å². The zero-order chi connectivity index (χ0) is 60.2. The van der Waals surface area contributed by atoms with Crippen LogP contribution in [0.1, 0.15) is 153 Å². The minimum Gasteiger partial charge on any atom is -0.508 e. The maximum atomic E-state index is 16.8. The molecule has 12 N–H and O–H groups in total. The molecule has 1 aromatic carbocycles. The summed E-state index contributed by atoms with van der Waals surface area (Å²) in [7, 11) is 3.18. The van der Waals surface area contributed by atoms with Crippen LogP contribution >= 0.6 is 21.6 Å². The van der Waals surface area contributed by atoms with Gasteiger partial charge in [0.05, 0.1) is 54.3 Å². The van der Waals surface area contributed by atoms with Crippen molar-refractivity contribution in [2.24, 2.45) is 116 Å². The van der Waals surface area contributed by atoms with Gasteiger partial charge in [-0.3, -0.25) is 19.4 Å². The van der Waals surface area contributed by atoms with Crippen LogP contribution < -0.4 is 16.8 Å². The zero-order valence-electron chi connectivity index (χ0n) is 50.5. The van der Waals surface area contributed by atoms with Crippen molar-refractivity contribution in [2.45, 2.75) is 171 Å². The van der Waals surface area contributed by atoms with Gasteiger partial charge in [0.25, 0.3) is 0 Å². The van der Waals surface area contributed by atoms with E-state index in [1.54, 1.807) is 40.6 Å². The highest BCUT2D eigenvalue weighted by atomic mass is 33.1. The molecule has 86 heavy (non-hydrogen) atoms. The Bertz CT molecular complexity index is 3060. The van der Waals surface area contributed by atoms with Gasteiger partial charge in [0.15, 0.2) is 17.5 Å². The molecule has 1 aromatic heterocycles. The number of nitrogens with zero attached hydrogens (tertiary/aromatic N) is 1. The minimum absolute atomic E-state index is 0.00684. The van der Waals surface area contributed by atoms with E-state index in [0.29, 0.717) is 54.6 Å². The molecule has 2 aliphatic heterocycles. The molecule has 23 atom stereocenters. The van der Waals surface area contributed by atoms with Gasteiger partial charge in [-0.15, -0.1) is 5.92 Å². The summed E-state index contributed by atoms with van der Waals surface area (Å²) in [5.74, 6) is 4.20. The van der Waals surface area contributed by atoms with Crippen molar-refractivity contribution in [2.75, 3.05) is 31.2 Å². The highest BCUT2D eigenvalue weighted by molar-refractivity contribution is 8.76. The number of carbonyl (C=O) groups excluding carboxylic acids is 3. The molecule has 13 rings (SSSR count). The summed E-state index contributed by atoms with van der Waals surface area (Å²) in [6, 6.07) is 8.92. The second-order valence-corrected chi connectivity index (χ2v) is 32.0. The Balaban J connectivity index is 1.00. The molecule has 2 aromatic rings. The molecule has 6 saturated carbocycles. The number of hydrogen-bond donors (Lipinski definition) is 10. The maximum absolute atomic E-state index is 16.8. The Morgan fingerprint density at radius 1 is 0.860 bits per heavy atom. The lowest BCUT2D eigenvalue weighted by molar-refractivity contribution is -0.237. The number of aromatic amines is 1. The van der Waals surface area contributed by atoms with E-state index in [4.69, 9.17) is 21.2 Å². The minimum atomic E-state index is -1.86. The number of ether oxygens (including phenoxy) is 1. The molecule has 11 aliphatic rings. The van der Waals surface area contributed by atoms with Crippen LogP contribution in [0.25, 0.3) is 0 Å². The number of aliphatic imine (C=N–C) groups is 1. The number of ketones is 2. The third-order valence-electron chi connectivity index (χ3n) is 25.3. The molecule has 9 aliphatic carbocycles. The van der Waals surface area contributed by atoms with E-state index in [1.165, 1.54) is 5.57 Å². The number of esters is 1. The molecule has 3 heterocycles. The number of aliphatic hydroxyl groups excluding tert-OH is 3. The summed E-state index contributed by atoms with van der Waals surface area (Å²) < 4.78 is 6.02. The van der Waals surface area contributed by atoms with E-state index in [0.717, 1.165) is 68.9 Å². The first kappa shape index (κ1) is 60.6. The number of hydrogen-bond acceptors (Lipinski definition) is 14. The van der Waals surface area contributed by atoms with Crippen molar-refractivity contribution in [3.8, 4) is 17.6 Å². The summed E-state index contributed by atoms with van der Waals surface area (Å²) in [4.78, 5) is 53.4. The van der Waals surface area contributed by atoms with Crippen LogP contribution in [-0.4, -0.2) is 120 Å². The Morgan fingerprint density at radius 3 is 2.40 bits per heavy atom. The summed E-state index contributed by atoms with van der Waals surface area (Å²) in [6.07, 6.45) is 13.8. The molecule has 2 saturated heterocycles. The number of guanidine groups is 1. The fourth-order valence-corrected chi connectivity index (χ4v) is 24.6. The van der Waals surface area contributed by atoms with Crippen molar-refractivity contribution in [1.82, 2.24) is 10.3 Å². The highest BCUT2D eigenvalue weighted by Gasteiger charge is 2.80. The summed E-state index contributed by atoms with van der Waals surface area (Å²) in [5, 5.41) is 81.6. The number of aliphatic hydroxyl groups is 5. The standard InChI is InChI=1S/C69H93N5O10S2/c1-36-11-12-39-16-20-49-37(2)24-55(78)66(3,82)63-42(8-6-7-40(26-51(49)50(39)23-36)52-33-84-64(81)56(52)43-21-22-72-30-43)28-69(83)59-57(41-13-17-46(31-74-65(70)71)68(63,69)27-41)67(45-9-4-5-10-45)29-54(77)61(79)53-35-86-85-34-44(38-14-18-47(75)19-15-38)25-48(76)32-73-60(59)62(80)58(53)67/h14-16,18-19,21-22,30,36-37,40-42,44-46,49-58,61,63,72-73,75,77-79,82-83H,4-5,8-13,17,20,23-29,31-35H2,1-3H3,(H4,70,71,74). The Hall–Kier alpha value is -4.28. The van der Waals surface area contributed by atoms with E-state index >= 15 is 9.90 Å². The number of aromatic nitrogens is 1. The molecular weight excluding hydrogens is 1120 g/mol. The fourth-order valence-electron chi connectivity index (χ4n) is 21.8. The summed E-state index contributed by atoms with van der Waals surface area (Å²) in [5.41, 5.74) is 10.8. The molecule has 466 valence electrons. The van der Waals surface area contributed by atoms with Gasteiger partial charge >= 0.3 is 5.97 Å². The van der Waals surface area contributed by atoms with Gasteiger partial charge in [0.2, 0.25) is 0 Å². The number of H-pyrrole nitrogens is 1. The monoisotopic (exact) mass is 1220 g/mol. The van der Waals surface area contributed by atoms with Gasteiger partial charge in [0.1, 0.15) is 5.75 Å². The summed E-state index contributed by atoms with van der Waals surface area (Å²) >= 11 is 0. The number of benzene rings is 1. The Morgan fingerprint density at radius 2 is 1.64 bits per heavy atom. The number of cyclic esters (lactones) is 1. The zero-order valence-corrected chi connectivity index (χ0v) is 52.1. The van der Waals surface area contributed by atoms with Crippen LogP contribution in [0.2, 0.25) is 0 Å². The average Bonchev–Trinajstić information content (AvgIpc) is 1.26. The quantitative estimate of drug-likeness (QED) is 0.0325. The number of Topliss-reactive ketones (excluding diaryl/α,β-unsaturated/α-hetero) is 2. The van der Waals surface area contributed by atoms with Gasteiger partial charge in [-0.1, -0.05) is 78.0 Å². The highest BCUT2D eigenvalue weighted by Crippen LogP contribution is 2.79.